The summed E-state index contributed by atoms with van der Waals surface area (Å²) in [6, 6.07) is 0. The third-order valence-corrected chi connectivity index (χ3v) is 1.89. The lowest BCUT2D eigenvalue weighted by Crippen LogP contribution is -2.26. The summed E-state index contributed by atoms with van der Waals surface area (Å²) in [6.07, 6.45) is 1.09. The SMILES string of the molecule is CC(C)O[C@H]1C[C@@H]1C(=O)OC(C)(C)C. The first-order valence-corrected chi connectivity index (χ1v) is 5.18. The van der Waals surface area contributed by atoms with Crippen LogP contribution in [0.4, 0.5) is 0 Å². The molecular weight excluding hydrogens is 180 g/mol. The molecule has 0 aliphatic heterocycles. The summed E-state index contributed by atoms with van der Waals surface area (Å²) in [7, 11) is 0. The van der Waals surface area contributed by atoms with Crippen molar-refractivity contribution in [1.82, 2.24) is 0 Å². The molecule has 1 aliphatic rings. The zero-order valence-electron chi connectivity index (χ0n) is 9.66. The van der Waals surface area contributed by atoms with Crippen LogP contribution in [0.25, 0.3) is 0 Å². The third kappa shape index (κ3) is 3.66. The molecule has 0 spiro atoms. The van der Waals surface area contributed by atoms with Gasteiger partial charge in [0.25, 0.3) is 0 Å². The third-order valence-electron chi connectivity index (χ3n) is 1.89. The molecule has 0 saturated heterocycles. The number of rotatable bonds is 3. The van der Waals surface area contributed by atoms with Crippen molar-refractivity contribution in [3.63, 3.8) is 0 Å². The molecule has 1 saturated carbocycles. The highest BCUT2D eigenvalue weighted by Gasteiger charge is 2.46. The van der Waals surface area contributed by atoms with Crippen LogP contribution in [0.15, 0.2) is 0 Å². The van der Waals surface area contributed by atoms with Gasteiger partial charge in [-0.05, 0) is 41.0 Å². The Morgan fingerprint density at radius 3 is 2.36 bits per heavy atom. The van der Waals surface area contributed by atoms with E-state index in [0.29, 0.717) is 0 Å². The smallest absolute Gasteiger partial charge is 0.312 e. The highest BCUT2D eigenvalue weighted by Crippen LogP contribution is 2.36. The number of ether oxygens (including phenoxy) is 2. The predicted molar refractivity (Wildman–Crippen MR) is 54.0 cm³/mol. The number of carbonyl (C=O) groups excluding carboxylic acids is 1. The van der Waals surface area contributed by atoms with Crippen LogP contribution in [-0.2, 0) is 14.3 Å². The van der Waals surface area contributed by atoms with Gasteiger partial charge in [-0.25, -0.2) is 0 Å². The Labute approximate surface area is 85.8 Å². The molecule has 0 bridgehead atoms. The van der Waals surface area contributed by atoms with Crippen molar-refractivity contribution in [3.8, 4) is 0 Å². The average molecular weight is 200 g/mol. The molecule has 0 amide bonds. The topological polar surface area (TPSA) is 35.5 Å². The molecule has 0 unspecified atom stereocenters. The van der Waals surface area contributed by atoms with Crippen LogP contribution >= 0.6 is 0 Å². The van der Waals surface area contributed by atoms with Crippen molar-refractivity contribution in [2.24, 2.45) is 5.92 Å². The van der Waals surface area contributed by atoms with Crippen molar-refractivity contribution in [2.75, 3.05) is 0 Å². The van der Waals surface area contributed by atoms with E-state index in [-0.39, 0.29) is 29.7 Å². The predicted octanol–water partition coefficient (Wildman–Crippen LogP) is 2.14. The van der Waals surface area contributed by atoms with E-state index in [9.17, 15) is 4.79 Å². The Morgan fingerprint density at radius 1 is 1.36 bits per heavy atom. The maximum Gasteiger partial charge on any atom is 0.312 e. The molecule has 0 aromatic carbocycles. The summed E-state index contributed by atoms with van der Waals surface area (Å²) in [6.45, 7) is 9.59. The Balaban J connectivity index is 2.29. The first-order valence-electron chi connectivity index (χ1n) is 5.18. The molecule has 0 radical (unpaired) electrons. The Kier molecular flexibility index (Phi) is 3.20. The second-order valence-corrected chi connectivity index (χ2v) is 5.10. The van der Waals surface area contributed by atoms with E-state index in [0.717, 1.165) is 6.42 Å². The van der Waals surface area contributed by atoms with Gasteiger partial charge in [0.1, 0.15) is 5.60 Å². The van der Waals surface area contributed by atoms with Crippen molar-refractivity contribution in [3.05, 3.63) is 0 Å². The molecule has 1 aliphatic carbocycles. The van der Waals surface area contributed by atoms with E-state index >= 15 is 0 Å². The van der Waals surface area contributed by atoms with Gasteiger partial charge in [-0.3, -0.25) is 4.79 Å². The van der Waals surface area contributed by atoms with Gasteiger partial charge >= 0.3 is 5.97 Å². The van der Waals surface area contributed by atoms with Gasteiger partial charge in [-0.1, -0.05) is 0 Å². The molecule has 1 rings (SSSR count). The summed E-state index contributed by atoms with van der Waals surface area (Å²) >= 11 is 0. The average Bonchev–Trinajstić information content (AvgIpc) is 2.61. The lowest BCUT2D eigenvalue weighted by atomic mass is 10.2. The number of carbonyl (C=O) groups is 1. The molecule has 0 aromatic heterocycles. The molecule has 0 heterocycles. The summed E-state index contributed by atoms with van der Waals surface area (Å²) < 4.78 is 10.8. The summed E-state index contributed by atoms with van der Waals surface area (Å²) in [4.78, 5) is 11.5. The van der Waals surface area contributed by atoms with Crippen molar-refractivity contribution in [2.45, 2.75) is 58.8 Å². The normalized spacial score (nSPS) is 26.4. The highest BCUT2D eigenvalue weighted by atomic mass is 16.6. The highest BCUT2D eigenvalue weighted by molar-refractivity contribution is 5.76. The van der Waals surface area contributed by atoms with Gasteiger partial charge in [0, 0.05) is 0 Å². The van der Waals surface area contributed by atoms with E-state index in [1.807, 2.05) is 34.6 Å². The summed E-state index contributed by atoms with van der Waals surface area (Å²) in [5.74, 6) is -0.153. The molecule has 3 heteroatoms. The second kappa shape index (κ2) is 3.89. The molecule has 1 fully saturated rings. The fourth-order valence-corrected chi connectivity index (χ4v) is 1.30. The minimum atomic E-state index is -0.387. The quantitative estimate of drug-likeness (QED) is 0.655. The van der Waals surface area contributed by atoms with Crippen LogP contribution in [0.5, 0.6) is 0 Å². The molecule has 2 atom stereocenters. The van der Waals surface area contributed by atoms with Gasteiger partial charge in [-0.2, -0.15) is 0 Å². The Morgan fingerprint density at radius 2 is 1.93 bits per heavy atom. The Hall–Kier alpha value is -0.570. The lowest BCUT2D eigenvalue weighted by Gasteiger charge is -2.19. The molecule has 3 nitrogen and oxygen atoms in total. The van der Waals surface area contributed by atoms with E-state index in [4.69, 9.17) is 9.47 Å². The van der Waals surface area contributed by atoms with Crippen molar-refractivity contribution in [1.29, 1.82) is 0 Å². The first-order chi connectivity index (χ1) is 6.29. The number of hydrogen-bond donors (Lipinski definition) is 0. The summed E-state index contributed by atoms with van der Waals surface area (Å²) in [5, 5.41) is 0. The van der Waals surface area contributed by atoms with Gasteiger partial charge in [-0.15, -0.1) is 0 Å². The minimum absolute atomic E-state index is 0.0309. The largest absolute Gasteiger partial charge is 0.460 e. The maximum atomic E-state index is 11.5. The van der Waals surface area contributed by atoms with Crippen molar-refractivity contribution >= 4 is 5.97 Å². The minimum Gasteiger partial charge on any atom is -0.460 e. The van der Waals surface area contributed by atoms with Crippen LogP contribution in [0.2, 0.25) is 0 Å². The molecule has 82 valence electrons. The standard InChI is InChI=1S/C11H20O3/c1-7(2)13-9-6-8(9)10(12)14-11(3,4)5/h7-9H,6H2,1-5H3/t8-,9-/m0/s1. The fraction of sp³-hybridized carbons (Fsp3) is 0.909. The molecule has 14 heavy (non-hydrogen) atoms. The molecule has 0 N–H and O–H groups in total. The van der Waals surface area contributed by atoms with Gasteiger partial charge < -0.3 is 9.47 Å². The van der Waals surface area contributed by atoms with E-state index in [1.54, 1.807) is 0 Å². The van der Waals surface area contributed by atoms with Gasteiger partial charge in [0.05, 0.1) is 18.1 Å². The molecular formula is C11H20O3. The summed E-state index contributed by atoms with van der Waals surface area (Å²) in [5.41, 5.74) is -0.387. The second-order valence-electron chi connectivity index (χ2n) is 5.10. The lowest BCUT2D eigenvalue weighted by molar-refractivity contribution is -0.157. The molecule has 0 aromatic rings. The zero-order valence-corrected chi connectivity index (χ0v) is 9.66. The van der Waals surface area contributed by atoms with Crippen molar-refractivity contribution < 1.29 is 14.3 Å². The Bertz CT molecular complexity index is 215. The van der Waals surface area contributed by atoms with E-state index in [1.165, 1.54) is 0 Å². The van der Waals surface area contributed by atoms with Gasteiger partial charge in [0.15, 0.2) is 0 Å². The van der Waals surface area contributed by atoms with E-state index < -0.39 is 0 Å². The number of esters is 1. The fourth-order valence-electron chi connectivity index (χ4n) is 1.30. The number of hydrogen-bond acceptors (Lipinski definition) is 3. The zero-order chi connectivity index (χ0) is 10.9. The first kappa shape index (κ1) is 11.5. The van der Waals surface area contributed by atoms with Crippen LogP contribution in [0.1, 0.15) is 41.0 Å². The van der Waals surface area contributed by atoms with Crippen LogP contribution in [-0.4, -0.2) is 23.8 Å². The monoisotopic (exact) mass is 200 g/mol. The van der Waals surface area contributed by atoms with E-state index in [2.05, 4.69) is 0 Å². The van der Waals surface area contributed by atoms with Crippen LogP contribution < -0.4 is 0 Å². The maximum absolute atomic E-state index is 11.5. The van der Waals surface area contributed by atoms with Crippen LogP contribution in [0, 0.1) is 5.92 Å². The van der Waals surface area contributed by atoms with Gasteiger partial charge in [0.2, 0.25) is 0 Å². The van der Waals surface area contributed by atoms with Crippen LogP contribution in [0.3, 0.4) is 0 Å².